The molecule has 1 aliphatic heterocycles. The summed E-state index contributed by atoms with van der Waals surface area (Å²) in [5.41, 5.74) is 1.56. The van der Waals surface area contributed by atoms with Gasteiger partial charge >= 0.3 is 0 Å². The van der Waals surface area contributed by atoms with Gasteiger partial charge in [-0.25, -0.2) is 4.98 Å². The highest BCUT2D eigenvalue weighted by Gasteiger charge is 2.34. The molecule has 0 radical (unpaired) electrons. The van der Waals surface area contributed by atoms with Crippen molar-refractivity contribution in [2.75, 3.05) is 26.7 Å². The Labute approximate surface area is 205 Å². The number of aliphatic hydroxyl groups is 2. The summed E-state index contributed by atoms with van der Waals surface area (Å²) in [5.74, 6) is 5.07. The summed E-state index contributed by atoms with van der Waals surface area (Å²) in [7, 11) is 1.72. The van der Waals surface area contributed by atoms with Gasteiger partial charge in [0, 0.05) is 43.7 Å². The first-order valence-corrected chi connectivity index (χ1v) is 11.6. The topological polar surface area (TPSA) is 116 Å². The molecule has 0 fully saturated rings. The van der Waals surface area contributed by atoms with E-state index >= 15 is 0 Å². The number of likely N-dealkylation sites (N-methyl/N-ethyl adjacent to an activating group) is 1. The van der Waals surface area contributed by atoms with E-state index in [4.69, 9.17) is 4.74 Å². The van der Waals surface area contributed by atoms with Crippen LogP contribution in [0.25, 0.3) is 0 Å². The SMILES string of the molecule is C[C@H](O)C#Cc1cnc2c(c1)C(=O)N([C@@H](C)CO)C[C@@H](C)[C@@H](CN(C)C(=O)Cc1ccncc1)O2. The first-order chi connectivity index (χ1) is 16.7. The Kier molecular flexibility index (Phi) is 8.79. The lowest BCUT2D eigenvalue weighted by molar-refractivity contribution is -0.130. The maximum Gasteiger partial charge on any atom is 0.259 e. The smallest absolute Gasteiger partial charge is 0.259 e. The average Bonchev–Trinajstić information content (AvgIpc) is 2.84. The summed E-state index contributed by atoms with van der Waals surface area (Å²) >= 11 is 0. The van der Waals surface area contributed by atoms with Gasteiger partial charge in [-0.15, -0.1) is 0 Å². The molecule has 9 heteroatoms. The Bertz CT molecular complexity index is 1100. The molecule has 2 aromatic rings. The number of aliphatic hydroxyl groups excluding tert-OH is 2. The molecule has 2 N–H and O–H groups in total. The zero-order chi connectivity index (χ0) is 25.5. The van der Waals surface area contributed by atoms with Gasteiger partial charge in [0.2, 0.25) is 11.8 Å². The minimum Gasteiger partial charge on any atom is -0.472 e. The van der Waals surface area contributed by atoms with E-state index in [2.05, 4.69) is 21.8 Å². The summed E-state index contributed by atoms with van der Waals surface area (Å²) in [4.78, 5) is 37.8. The second-order valence-electron chi connectivity index (χ2n) is 8.95. The molecule has 35 heavy (non-hydrogen) atoms. The molecule has 186 valence electrons. The Morgan fingerprint density at radius 3 is 2.71 bits per heavy atom. The van der Waals surface area contributed by atoms with Crippen molar-refractivity contribution in [2.24, 2.45) is 5.92 Å². The van der Waals surface area contributed by atoms with Crippen molar-refractivity contribution < 1.29 is 24.5 Å². The van der Waals surface area contributed by atoms with E-state index < -0.39 is 18.2 Å². The molecule has 0 aromatic carbocycles. The summed E-state index contributed by atoms with van der Waals surface area (Å²) in [5, 5.41) is 19.2. The zero-order valence-corrected chi connectivity index (χ0v) is 20.5. The third kappa shape index (κ3) is 6.78. The van der Waals surface area contributed by atoms with Gasteiger partial charge in [-0.3, -0.25) is 14.6 Å². The van der Waals surface area contributed by atoms with Crippen LogP contribution in [0.5, 0.6) is 5.88 Å². The molecule has 9 nitrogen and oxygen atoms in total. The lowest BCUT2D eigenvalue weighted by Gasteiger charge is -2.37. The number of hydrogen-bond acceptors (Lipinski definition) is 7. The van der Waals surface area contributed by atoms with E-state index in [1.807, 2.05) is 6.92 Å². The average molecular weight is 481 g/mol. The Morgan fingerprint density at radius 2 is 2.06 bits per heavy atom. The molecule has 2 amide bonds. The first-order valence-electron chi connectivity index (χ1n) is 11.6. The fourth-order valence-electron chi connectivity index (χ4n) is 3.76. The highest BCUT2D eigenvalue weighted by atomic mass is 16.5. The first kappa shape index (κ1) is 26.1. The molecule has 0 aliphatic carbocycles. The maximum absolute atomic E-state index is 13.4. The van der Waals surface area contributed by atoms with Crippen molar-refractivity contribution in [2.45, 2.75) is 45.4 Å². The second-order valence-corrected chi connectivity index (χ2v) is 8.95. The molecule has 0 bridgehead atoms. The molecule has 4 atom stereocenters. The minimum atomic E-state index is -0.819. The van der Waals surface area contributed by atoms with Crippen LogP contribution >= 0.6 is 0 Å². The van der Waals surface area contributed by atoms with Crippen molar-refractivity contribution in [1.29, 1.82) is 0 Å². The second kappa shape index (κ2) is 11.8. The predicted molar refractivity (Wildman–Crippen MR) is 130 cm³/mol. The molecule has 3 rings (SSSR count). The fraction of sp³-hybridized carbons (Fsp3) is 0.462. The van der Waals surface area contributed by atoms with Crippen molar-refractivity contribution in [1.82, 2.24) is 19.8 Å². The van der Waals surface area contributed by atoms with Gasteiger partial charge in [0.25, 0.3) is 5.91 Å². The molecule has 0 spiro atoms. The highest BCUT2D eigenvalue weighted by molar-refractivity contribution is 5.97. The maximum atomic E-state index is 13.4. The molecular formula is C26H32N4O5. The van der Waals surface area contributed by atoms with E-state index in [1.54, 1.807) is 61.3 Å². The number of pyridine rings is 2. The van der Waals surface area contributed by atoms with E-state index in [0.29, 0.717) is 18.7 Å². The van der Waals surface area contributed by atoms with Crippen molar-refractivity contribution in [3.63, 3.8) is 0 Å². The summed E-state index contributed by atoms with van der Waals surface area (Å²) in [6, 6.07) is 4.77. The van der Waals surface area contributed by atoms with Gasteiger partial charge < -0.3 is 24.7 Å². The van der Waals surface area contributed by atoms with Crippen molar-refractivity contribution in [3.05, 3.63) is 53.5 Å². The van der Waals surface area contributed by atoms with E-state index in [1.165, 1.54) is 6.20 Å². The highest BCUT2D eigenvalue weighted by Crippen LogP contribution is 2.27. The number of hydrogen-bond donors (Lipinski definition) is 2. The molecule has 0 unspecified atom stereocenters. The normalized spacial score (nSPS) is 19.3. The Balaban J connectivity index is 1.89. The number of aromatic nitrogens is 2. The van der Waals surface area contributed by atoms with Gasteiger partial charge in [0.15, 0.2) is 0 Å². The number of ether oxygens (including phenoxy) is 1. The molecule has 2 aromatic heterocycles. The number of rotatable bonds is 6. The van der Waals surface area contributed by atoms with Crippen LogP contribution in [0.1, 0.15) is 42.3 Å². The number of nitrogens with zero attached hydrogens (tertiary/aromatic N) is 4. The number of fused-ring (bicyclic) bond motifs is 1. The zero-order valence-electron chi connectivity index (χ0n) is 20.5. The molecular weight excluding hydrogens is 448 g/mol. The van der Waals surface area contributed by atoms with Crippen LogP contribution in [-0.2, 0) is 11.2 Å². The van der Waals surface area contributed by atoms with E-state index in [0.717, 1.165) is 5.56 Å². The quantitative estimate of drug-likeness (QED) is 0.596. The van der Waals surface area contributed by atoms with Crippen LogP contribution in [0.15, 0.2) is 36.8 Å². The summed E-state index contributed by atoms with van der Waals surface area (Å²) < 4.78 is 6.21. The Morgan fingerprint density at radius 1 is 1.34 bits per heavy atom. The molecule has 0 saturated carbocycles. The van der Waals surface area contributed by atoms with Crippen LogP contribution in [-0.4, -0.2) is 86.8 Å². The van der Waals surface area contributed by atoms with Crippen LogP contribution < -0.4 is 4.74 Å². The van der Waals surface area contributed by atoms with Gasteiger partial charge in [-0.05, 0) is 37.6 Å². The largest absolute Gasteiger partial charge is 0.472 e. The van der Waals surface area contributed by atoms with E-state index in [-0.39, 0.29) is 42.2 Å². The lowest BCUT2D eigenvalue weighted by atomic mass is 9.99. The predicted octanol–water partition coefficient (Wildman–Crippen LogP) is 1.13. The molecule has 0 saturated heterocycles. The number of carbonyl (C=O) groups excluding carboxylic acids is 2. The fourth-order valence-corrected chi connectivity index (χ4v) is 3.76. The van der Waals surface area contributed by atoms with Crippen molar-refractivity contribution >= 4 is 11.8 Å². The standard InChI is InChI=1S/C26H32N4O5/c1-17-14-30(18(2)16-31)26(34)22-11-21(6-5-19(3)32)13-28-25(22)35-23(17)15-29(4)24(33)12-20-7-9-27-10-8-20/h7-11,13,17-19,23,31-32H,12,14-16H2,1-4H3/t17-,18+,19+,23-/m1/s1. The summed E-state index contributed by atoms with van der Waals surface area (Å²) in [6.07, 6.45) is 3.77. The van der Waals surface area contributed by atoms with Gasteiger partial charge in [-0.1, -0.05) is 18.8 Å². The molecule has 3 heterocycles. The van der Waals surface area contributed by atoms with Crippen molar-refractivity contribution in [3.8, 4) is 17.7 Å². The van der Waals surface area contributed by atoms with Gasteiger partial charge in [-0.2, -0.15) is 0 Å². The summed E-state index contributed by atoms with van der Waals surface area (Å²) in [6.45, 7) is 5.70. The third-order valence-corrected chi connectivity index (χ3v) is 5.93. The lowest BCUT2D eigenvalue weighted by Crippen LogP contribution is -2.50. The number of amides is 2. The Hall–Kier alpha value is -3.48. The van der Waals surface area contributed by atoms with Gasteiger partial charge in [0.05, 0.1) is 25.6 Å². The van der Waals surface area contributed by atoms with Crippen LogP contribution in [0.2, 0.25) is 0 Å². The van der Waals surface area contributed by atoms with E-state index in [9.17, 15) is 19.8 Å². The van der Waals surface area contributed by atoms with Crippen LogP contribution in [0, 0.1) is 17.8 Å². The van der Waals surface area contributed by atoms with Crippen LogP contribution in [0.4, 0.5) is 0 Å². The number of carbonyl (C=O) groups is 2. The molecule has 1 aliphatic rings. The van der Waals surface area contributed by atoms with Gasteiger partial charge in [0.1, 0.15) is 17.8 Å². The minimum absolute atomic E-state index is 0.0670. The third-order valence-electron chi connectivity index (χ3n) is 5.93. The monoisotopic (exact) mass is 480 g/mol. The van der Waals surface area contributed by atoms with Crippen LogP contribution in [0.3, 0.4) is 0 Å².